The van der Waals surface area contributed by atoms with Gasteiger partial charge in [0, 0.05) is 11.1 Å². The van der Waals surface area contributed by atoms with Gasteiger partial charge in [-0.2, -0.15) is 0 Å². The molecule has 0 saturated heterocycles. The minimum Gasteiger partial charge on any atom is -0.284 e. The monoisotopic (exact) mass is 431 g/mol. The molecule has 0 spiro atoms. The Balaban J connectivity index is 2.07. The molecule has 0 radical (unpaired) electrons. The second kappa shape index (κ2) is 7.25. The molecule has 0 aliphatic rings. The van der Waals surface area contributed by atoms with Gasteiger partial charge in [-0.15, -0.1) is 0 Å². The van der Waals surface area contributed by atoms with Crippen LogP contribution >= 0.6 is 46.4 Å². The highest BCUT2D eigenvalue weighted by Gasteiger charge is 2.34. The molecule has 1 N–H and O–H groups in total. The molecule has 3 aromatic rings. The first kappa shape index (κ1) is 18.7. The van der Waals surface area contributed by atoms with Gasteiger partial charge in [0.05, 0.1) is 20.1 Å². The lowest BCUT2D eigenvalue weighted by Gasteiger charge is -2.01. The Hall–Kier alpha value is -2.12. The van der Waals surface area contributed by atoms with Gasteiger partial charge in [-0.25, -0.2) is 0 Å². The molecular weight excluding hydrogens is 426 g/mol. The normalized spacial score (nSPS) is 10.8. The van der Waals surface area contributed by atoms with Gasteiger partial charge in [-0.1, -0.05) is 56.2 Å². The van der Waals surface area contributed by atoms with Crippen molar-refractivity contribution in [3.8, 4) is 0 Å². The highest BCUT2D eigenvalue weighted by molar-refractivity contribution is 6.43. The van der Waals surface area contributed by atoms with Gasteiger partial charge >= 0.3 is 5.69 Å². The van der Waals surface area contributed by atoms with Crippen molar-refractivity contribution in [2.75, 3.05) is 0 Å². The maximum atomic E-state index is 12.7. The first-order valence-corrected chi connectivity index (χ1v) is 8.44. The van der Waals surface area contributed by atoms with Crippen LogP contribution in [0.3, 0.4) is 0 Å². The highest BCUT2D eigenvalue weighted by atomic mass is 35.5. The van der Waals surface area contributed by atoms with Crippen LogP contribution in [0.4, 0.5) is 0 Å². The molecule has 2 aromatic carbocycles. The van der Waals surface area contributed by atoms with Gasteiger partial charge < -0.3 is 0 Å². The van der Waals surface area contributed by atoms with E-state index in [1.807, 2.05) is 0 Å². The maximum absolute atomic E-state index is 12.7. The topological polar surface area (TPSA) is 86.0 Å². The number of hydrogen-bond donors (Lipinski definition) is 1. The van der Waals surface area contributed by atoms with E-state index in [1.54, 1.807) is 0 Å². The van der Waals surface area contributed by atoms with Gasteiger partial charge in [0.15, 0.2) is 4.60 Å². The molecule has 0 aliphatic carbocycles. The van der Waals surface area contributed by atoms with E-state index in [1.165, 1.54) is 36.4 Å². The lowest BCUT2D eigenvalue weighted by molar-refractivity contribution is -0.714. The molecule has 3 rings (SSSR count). The molecule has 132 valence electrons. The van der Waals surface area contributed by atoms with E-state index in [0.717, 1.165) is 0 Å². The van der Waals surface area contributed by atoms with Crippen molar-refractivity contribution in [3.63, 3.8) is 0 Å². The van der Waals surface area contributed by atoms with E-state index in [-0.39, 0.29) is 41.5 Å². The number of nitrogens with one attached hydrogen (secondary N) is 1. The van der Waals surface area contributed by atoms with Crippen molar-refractivity contribution in [1.29, 1.82) is 0 Å². The largest absolute Gasteiger partial charge is 0.323 e. The summed E-state index contributed by atoms with van der Waals surface area (Å²) in [5, 5.41) is 2.92. The first-order chi connectivity index (χ1) is 12.3. The number of carbonyl (C=O) groups excluding carboxylic acids is 2. The molecule has 0 saturated carbocycles. The zero-order chi connectivity index (χ0) is 19.0. The highest BCUT2D eigenvalue weighted by Crippen LogP contribution is 2.26. The van der Waals surface area contributed by atoms with E-state index in [9.17, 15) is 14.5 Å². The van der Waals surface area contributed by atoms with E-state index in [4.69, 9.17) is 46.4 Å². The van der Waals surface area contributed by atoms with Crippen LogP contribution in [0, 0.1) is 4.91 Å². The van der Waals surface area contributed by atoms with Crippen molar-refractivity contribution in [2.45, 2.75) is 0 Å². The number of aromatic nitrogens is 2. The van der Waals surface area contributed by atoms with Crippen molar-refractivity contribution in [2.24, 2.45) is 0 Å². The number of ketones is 2. The molecule has 1 aromatic heterocycles. The minimum atomic E-state index is -0.771. The maximum Gasteiger partial charge on any atom is 0.323 e. The minimum absolute atomic E-state index is 0.0574. The summed E-state index contributed by atoms with van der Waals surface area (Å²) in [6.07, 6.45) is 0. The number of H-pyrrole nitrogens is 1. The SMILES string of the molecule is O=C(c1ccc(Cl)c(Cl)c1)c1[nH]o[n+](=O)c1C(=O)c1ccc(Cl)c(Cl)c1. The average molecular weight is 433 g/mol. The Labute approximate surface area is 165 Å². The molecule has 0 aliphatic heterocycles. The zero-order valence-electron chi connectivity index (χ0n) is 12.6. The summed E-state index contributed by atoms with van der Waals surface area (Å²) in [4.78, 5) is 37.2. The van der Waals surface area contributed by atoms with Crippen molar-refractivity contribution in [1.82, 2.24) is 5.16 Å². The van der Waals surface area contributed by atoms with E-state index in [0.29, 0.717) is 0 Å². The van der Waals surface area contributed by atoms with Gasteiger partial charge in [0.1, 0.15) is 0 Å². The number of carbonyl (C=O) groups is 2. The van der Waals surface area contributed by atoms with Gasteiger partial charge in [0.25, 0.3) is 5.69 Å². The number of hydrogen-bond acceptors (Lipinski definition) is 4. The van der Waals surface area contributed by atoms with Crippen LogP contribution in [0.1, 0.15) is 32.1 Å². The number of aromatic amines is 1. The molecular formula is C16H7Cl4N2O4+. The number of halogens is 4. The summed E-state index contributed by atoms with van der Waals surface area (Å²) in [6.45, 7) is 0. The Bertz CT molecular complexity index is 1100. The summed E-state index contributed by atoms with van der Waals surface area (Å²) in [6, 6.07) is 8.19. The van der Waals surface area contributed by atoms with Crippen molar-refractivity contribution >= 4 is 58.0 Å². The van der Waals surface area contributed by atoms with Gasteiger partial charge in [-0.05, 0) is 41.3 Å². The third-order valence-electron chi connectivity index (χ3n) is 3.46. The Kier molecular flexibility index (Phi) is 5.20. The van der Waals surface area contributed by atoms with Crippen molar-refractivity contribution < 1.29 is 18.8 Å². The molecule has 1 heterocycles. The molecule has 10 heteroatoms. The third kappa shape index (κ3) is 3.41. The Morgan fingerprint density at radius 1 is 0.808 bits per heavy atom. The fourth-order valence-electron chi connectivity index (χ4n) is 2.18. The van der Waals surface area contributed by atoms with Gasteiger partial charge in [0.2, 0.25) is 11.6 Å². The van der Waals surface area contributed by atoms with Crippen molar-refractivity contribution in [3.05, 3.63) is 83.9 Å². The summed E-state index contributed by atoms with van der Waals surface area (Å²) in [5.74, 6) is -1.45. The second-order valence-electron chi connectivity index (χ2n) is 5.09. The molecule has 0 amide bonds. The first-order valence-electron chi connectivity index (χ1n) is 6.93. The zero-order valence-corrected chi connectivity index (χ0v) is 15.6. The van der Waals surface area contributed by atoms with Crippen LogP contribution in [-0.2, 0) is 0 Å². The smallest absolute Gasteiger partial charge is 0.284 e. The van der Waals surface area contributed by atoms with Crippen LogP contribution in [-0.4, -0.2) is 16.7 Å². The van der Waals surface area contributed by atoms with E-state index < -0.39 is 17.3 Å². The predicted octanol–water partition coefficient (Wildman–Crippen LogP) is 4.60. The molecule has 0 atom stereocenters. The Morgan fingerprint density at radius 3 is 1.81 bits per heavy atom. The predicted molar refractivity (Wildman–Crippen MR) is 96.2 cm³/mol. The van der Waals surface area contributed by atoms with Gasteiger partial charge in [-0.3, -0.25) is 9.59 Å². The molecule has 0 bridgehead atoms. The summed E-state index contributed by atoms with van der Waals surface area (Å²) >= 11 is 23.4. The van der Waals surface area contributed by atoms with Crippen LogP contribution in [0.5, 0.6) is 0 Å². The molecule has 0 unspecified atom stereocenters. The number of benzene rings is 2. The van der Waals surface area contributed by atoms with Crippen LogP contribution in [0.25, 0.3) is 0 Å². The standard InChI is InChI=1S/C16H6Cl4N2O4/c17-9-3-1-7(5-11(9)19)15(23)13-14(22(25)26-21-13)16(24)8-2-4-10(18)12(20)6-8/h1-6H/p+1. The molecule has 6 nitrogen and oxygen atoms in total. The quantitative estimate of drug-likeness (QED) is 0.610. The van der Waals surface area contributed by atoms with E-state index in [2.05, 4.69) is 9.79 Å². The summed E-state index contributed by atoms with van der Waals surface area (Å²) < 4.78 is 4.48. The number of rotatable bonds is 4. The summed E-state index contributed by atoms with van der Waals surface area (Å²) in [7, 11) is 0. The average Bonchev–Trinajstić information content (AvgIpc) is 3.00. The molecule has 0 fully saturated rings. The van der Waals surface area contributed by atoms with E-state index >= 15 is 0 Å². The second-order valence-corrected chi connectivity index (χ2v) is 6.72. The Morgan fingerprint density at radius 2 is 1.31 bits per heavy atom. The molecule has 26 heavy (non-hydrogen) atoms. The lowest BCUT2D eigenvalue weighted by Crippen LogP contribution is -2.24. The van der Waals surface area contributed by atoms with Crippen LogP contribution < -0.4 is 4.60 Å². The fraction of sp³-hybridized carbons (Fsp3) is 0. The van der Waals surface area contributed by atoms with Crippen LogP contribution in [0.2, 0.25) is 20.1 Å². The number of nitrogens with zero attached hydrogens (tertiary/aromatic N) is 1. The van der Waals surface area contributed by atoms with Crippen LogP contribution in [0.15, 0.2) is 41.0 Å². The lowest BCUT2D eigenvalue weighted by atomic mass is 10.0. The summed E-state index contributed by atoms with van der Waals surface area (Å²) in [5.41, 5.74) is -0.698. The fourth-order valence-corrected chi connectivity index (χ4v) is 2.77. The third-order valence-corrected chi connectivity index (χ3v) is 4.93.